The predicted octanol–water partition coefficient (Wildman–Crippen LogP) is 0.121. The second-order valence-corrected chi connectivity index (χ2v) is 2.63. The molecule has 0 saturated carbocycles. The number of amides is 1. The largest absolute Gasteiger partial charge is 0.359 e. The normalized spacial score (nSPS) is 9.00. The molecule has 4 heteroatoms. The van der Waals surface area contributed by atoms with E-state index in [9.17, 15) is 9.18 Å². The second kappa shape index (κ2) is 4.40. The zero-order valence-corrected chi connectivity index (χ0v) is 7.38. The summed E-state index contributed by atoms with van der Waals surface area (Å²) in [4.78, 5) is 10.3. The first-order valence-electron chi connectivity index (χ1n) is 3.93. The number of carbonyl (C=O) groups is 1. The van der Waals surface area contributed by atoms with Crippen LogP contribution in [0.2, 0.25) is 0 Å². The van der Waals surface area contributed by atoms with Crippen molar-refractivity contribution in [3.8, 4) is 11.8 Å². The number of benzene rings is 1. The molecule has 0 atom stereocenters. The molecule has 4 N–H and O–H groups in total. The summed E-state index contributed by atoms with van der Waals surface area (Å²) in [6, 6.07) is 4.31. The highest BCUT2D eigenvalue weighted by molar-refractivity contribution is 5.92. The van der Waals surface area contributed by atoms with Crippen molar-refractivity contribution in [1.29, 1.82) is 0 Å². The fourth-order valence-corrected chi connectivity index (χ4v) is 0.924. The van der Waals surface area contributed by atoms with Gasteiger partial charge in [-0.25, -0.2) is 4.39 Å². The monoisotopic (exact) mass is 192 g/mol. The van der Waals surface area contributed by atoms with Crippen LogP contribution < -0.4 is 11.5 Å². The van der Waals surface area contributed by atoms with Crippen molar-refractivity contribution >= 4 is 5.91 Å². The van der Waals surface area contributed by atoms with Crippen LogP contribution >= 0.6 is 0 Å². The van der Waals surface area contributed by atoms with Gasteiger partial charge in [0.1, 0.15) is 5.82 Å². The Morgan fingerprint density at radius 2 is 2.21 bits per heavy atom. The minimum Gasteiger partial charge on any atom is -0.359 e. The third-order valence-electron chi connectivity index (χ3n) is 1.59. The van der Waals surface area contributed by atoms with E-state index in [1.54, 1.807) is 6.07 Å². The van der Waals surface area contributed by atoms with Gasteiger partial charge in [0.25, 0.3) is 5.91 Å². The van der Waals surface area contributed by atoms with Crippen molar-refractivity contribution in [2.24, 2.45) is 11.5 Å². The molecule has 0 bridgehead atoms. The SMILES string of the molecule is NCc1ccc(F)c(C#CC(N)=O)c1. The first-order chi connectivity index (χ1) is 6.63. The van der Waals surface area contributed by atoms with E-state index in [1.807, 2.05) is 0 Å². The van der Waals surface area contributed by atoms with Crippen LogP contribution in [0.15, 0.2) is 18.2 Å². The summed E-state index contributed by atoms with van der Waals surface area (Å²) in [7, 11) is 0. The smallest absolute Gasteiger partial charge is 0.293 e. The Morgan fingerprint density at radius 3 is 2.79 bits per heavy atom. The summed E-state index contributed by atoms with van der Waals surface area (Å²) >= 11 is 0. The molecular formula is C10H9FN2O. The van der Waals surface area contributed by atoms with E-state index in [1.165, 1.54) is 12.1 Å². The van der Waals surface area contributed by atoms with Crippen molar-refractivity contribution in [3.63, 3.8) is 0 Å². The molecule has 3 nitrogen and oxygen atoms in total. The Morgan fingerprint density at radius 1 is 1.50 bits per heavy atom. The lowest BCUT2D eigenvalue weighted by Gasteiger charge is -1.98. The third kappa shape index (κ3) is 2.57. The number of halogens is 1. The highest BCUT2D eigenvalue weighted by Gasteiger charge is 1.99. The molecule has 1 amide bonds. The molecule has 0 radical (unpaired) electrons. The topological polar surface area (TPSA) is 69.1 Å². The first-order valence-corrected chi connectivity index (χ1v) is 3.93. The molecule has 0 unspecified atom stereocenters. The lowest BCUT2D eigenvalue weighted by molar-refractivity contribution is -0.112. The number of hydrogen-bond acceptors (Lipinski definition) is 2. The van der Waals surface area contributed by atoms with Gasteiger partial charge in [-0.2, -0.15) is 0 Å². The molecule has 0 heterocycles. The van der Waals surface area contributed by atoms with Gasteiger partial charge in [0.2, 0.25) is 0 Å². The van der Waals surface area contributed by atoms with E-state index < -0.39 is 11.7 Å². The van der Waals surface area contributed by atoms with Gasteiger partial charge < -0.3 is 11.5 Å². The molecule has 0 aliphatic heterocycles. The van der Waals surface area contributed by atoms with Crippen LogP contribution in [0.3, 0.4) is 0 Å². The van der Waals surface area contributed by atoms with Gasteiger partial charge in [-0.15, -0.1) is 0 Å². The van der Waals surface area contributed by atoms with Gasteiger partial charge in [0.15, 0.2) is 0 Å². The molecule has 0 aliphatic carbocycles. The summed E-state index contributed by atoms with van der Waals surface area (Å²) in [5.41, 5.74) is 11.0. The molecule has 1 aromatic carbocycles. The Balaban J connectivity index is 3.08. The minimum absolute atomic E-state index is 0.131. The van der Waals surface area contributed by atoms with Crippen LogP contribution in [0.5, 0.6) is 0 Å². The van der Waals surface area contributed by atoms with Gasteiger partial charge in [-0.05, 0) is 17.7 Å². The van der Waals surface area contributed by atoms with Crippen molar-refractivity contribution in [1.82, 2.24) is 0 Å². The van der Waals surface area contributed by atoms with Crippen LogP contribution in [0.1, 0.15) is 11.1 Å². The van der Waals surface area contributed by atoms with Crippen molar-refractivity contribution in [2.45, 2.75) is 6.54 Å². The van der Waals surface area contributed by atoms with E-state index in [2.05, 4.69) is 11.8 Å². The van der Waals surface area contributed by atoms with Crippen LogP contribution in [-0.4, -0.2) is 5.91 Å². The Labute approximate surface area is 80.9 Å². The average Bonchev–Trinajstić information content (AvgIpc) is 2.16. The third-order valence-corrected chi connectivity index (χ3v) is 1.59. The van der Waals surface area contributed by atoms with Crippen LogP contribution in [0, 0.1) is 17.7 Å². The van der Waals surface area contributed by atoms with Gasteiger partial charge in [0, 0.05) is 12.5 Å². The Hall–Kier alpha value is -1.86. The molecule has 0 aromatic heterocycles. The van der Waals surface area contributed by atoms with Gasteiger partial charge in [-0.1, -0.05) is 12.0 Å². The quantitative estimate of drug-likeness (QED) is 0.620. The number of nitrogens with two attached hydrogens (primary N) is 2. The minimum atomic E-state index is -0.789. The molecular weight excluding hydrogens is 183 g/mol. The van der Waals surface area contributed by atoms with Crippen LogP contribution in [-0.2, 0) is 11.3 Å². The maximum absolute atomic E-state index is 13.1. The Kier molecular flexibility index (Phi) is 3.21. The highest BCUT2D eigenvalue weighted by atomic mass is 19.1. The van der Waals surface area contributed by atoms with Crippen LogP contribution in [0.4, 0.5) is 4.39 Å². The lowest BCUT2D eigenvalue weighted by Crippen LogP contribution is -2.06. The van der Waals surface area contributed by atoms with Crippen molar-refractivity contribution in [3.05, 3.63) is 35.1 Å². The summed E-state index contributed by atoms with van der Waals surface area (Å²) in [5.74, 6) is 3.11. The van der Waals surface area contributed by atoms with Crippen molar-refractivity contribution < 1.29 is 9.18 Å². The fourth-order valence-electron chi connectivity index (χ4n) is 0.924. The molecule has 1 aromatic rings. The van der Waals surface area contributed by atoms with E-state index in [4.69, 9.17) is 11.5 Å². The average molecular weight is 192 g/mol. The highest BCUT2D eigenvalue weighted by Crippen LogP contribution is 2.08. The maximum atomic E-state index is 13.1. The molecule has 0 fully saturated rings. The first kappa shape index (κ1) is 10.2. The van der Waals surface area contributed by atoms with Gasteiger partial charge in [-0.3, -0.25) is 4.79 Å². The number of primary amides is 1. The molecule has 0 aliphatic rings. The van der Waals surface area contributed by atoms with E-state index in [0.717, 1.165) is 5.56 Å². The molecule has 1 rings (SSSR count). The summed E-state index contributed by atoms with van der Waals surface area (Å²) < 4.78 is 13.1. The number of rotatable bonds is 1. The Bertz CT molecular complexity index is 418. The predicted molar refractivity (Wildman–Crippen MR) is 50.4 cm³/mol. The number of carbonyl (C=O) groups excluding carboxylic acids is 1. The fraction of sp³-hybridized carbons (Fsp3) is 0.100. The van der Waals surface area contributed by atoms with Gasteiger partial charge >= 0.3 is 0 Å². The van der Waals surface area contributed by atoms with Crippen LogP contribution in [0.25, 0.3) is 0 Å². The van der Waals surface area contributed by atoms with E-state index in [-0.39, 0.29) is 5.56 Å². The zero-order valence-electron chi connectivity index (χ0n) is 7.38. The van der Waals surface area contributed by atoms with E-state index >= 15 is 0 Å². The molecule has 0 saturated heterocycles. The van der Waals surface area contributed by atoms with E-state index in [0.29, 0.717) is 6.54 Å². The summed E-state index contributed by atoms with van der Waals surface area (Å²) in [5, 5.41) is 0. The molecule has 72 valence electrons. The standard InChI is InChI=1S/C10H9FN2O/c11-9-3-1-7(6-12)5-8(9)2-4-10(13)14/h1,3,5H,6,12H2,(H2,13,14). The second-order valence-electron chi connectivity index (χ2n) is 2.63. The summed E-state index contributed by atoms with van der Waals surface area (Å²) in [6.07, 6.45) is 0. The zero-order chi connectivity index (χ0) is 10.6. The molecule has 0 spiro atoms. The van der Waals surface area contributed by atoms with Crippen molar-refractivity contribution in [2.75, 3.05) is 0 Å². The van der Waals surface area contributed by atoms with Gasteiger partial charge in [0.05, 0.1) is 5.56 Å². The molecule has 14 heavy (non-hydrogen) atoms. The maximum Gasteiger partial charge on any atom is 0.293 e. The number of hydrogen-bond donors (Lipinski definition) is 2. The lowest BCUT2D eigenvalue weighted by atomic mass is 10.1. The summed E-state index contributed by atoms with van der Waals surface area (Å²) in [6.45, 7) is 0.297.